The number of hydrogen-bond donors (Lipinski definition) is 2. The van der Waals surface area contributed by atoms with Gasteiger partial charge in [-0.15, -0.1) is 0 Å². The number of ether oxygens (including phenoxy) is 2. The van der Waals surface area contributed by atoms with Gasteiger partial charge in [0.15, 0.2) is 29.0 Å². The zero-order chi connectivity index (χ0) is 22.9. The molecule has 1 aliphatic rings. The van der Waals surface area contributed by atoms with Crippen LogP contribution in [0.1, 0.15) is 5.56 Å². The molecule has 172 valence electrons. The smallest absolute Gasteiger partial charge is 0.227 e. The van der Waals surface area contributed by atoms with Gasteiger partial charge < -0.3 is 20.5 Å². The molecule has 1 saturated heterocycles. The summed E-state index contributed by atoms with van der Waals surface area (Å²) in [6, 6.07) is 0.131. The van der Waals surface area contributed by atoms with E-state index in [1.165, 1.54) is 18.6 Å². The van der Waals surface area contributed by atoms with E-state index in [-0.39, 0.29) is 17.8 Å². The van der Waals surface area contributed by atoms with Crippen molar-refractivity contribution >= 4 is 12.2 Å². The highest BCUT2D eigenvalue weighted by Crippen LogP contribution is 2.21. The SMILES string of the molecule is N/C=C(\C=NCCN1CCOCC1)Nc1ncc(OCc2c(F)c(F)cc(F)c2F)cn1. The molecule has 3 rings (SSSR count). The first kappa shape index (κ1) is 23.4. The van der Waals surface area contributed by atoms with Crippen molar-refractivity contribution in [3.05, 3.63) is 59.2 Å². The summed E-state index contributed by atoms with van der Waals surface area (Å²) in [6.45, 7) is 3.84. The van der Waals surface area contributed by atoms with Gasteiger partial charge in [-0.1, -0.05) is 0 Å². The zero-order valence-corrected chi connectivity index (χ0v) is 17.0. The molecule has 0 atom stereocenters. The molecule has 12 heteroatoms. The number of aromatic nitrogens is 2. The molecule has 1 aliphatic heterocycles. The number of anilines is 1. The molecular weight excluding hydrogens is 432 g/mol. The Bertz CT molecular complexity index is 939. The average Bonchev–Trinajstić information content (AvgIpc) is 2.81. The number of nitrogens with two attached hydrogens (primary N) is 1. The molecule has 0 spiro atoms. The Morgan fingerprint density at radius 1 is 1.16 bits per heavy atom. The van der Waals surface area contributed by atoms with Gasteiger partial charge in [0.1, 0.15) is 6.61 Å². The standard InChI is InChI=1S/C20H22F4N6O2/c21-16-7-17(22)19(24)15(18(16)23)12-32-14-10-27-20(28-11-14)29-13(8-25)9-26-1-2-30-3-5-31-6-4-30/h7-11H,1-6,12,25H2,(H,27,28,29)/b13-8+,26-9?. The Hall–Kier alpha value is -3.25. The number of benzene rings is 1. The minimum Gasteiger partial charge on any atom is -0.485 e. The van der Waals surface area contributed by atoms with Gasteiger partial charge in [-0.3, -0.25) is 9.89 Å². The molecule has 32 heavy (non-hydrogen) atoms. The van der Waals surface area contributed by atoms with Gasteiger partial charge in [0.05, 0.1) is 43.4 Å². The molecule has 1 fully saturated rings. The first-order valence-electron chi connectivity index (χ1n) is 9.73. The largest absolute Gasteiger partial charge is 0.485 e. The van der Waals surface area contributed by atoms with Crippen LogP contribution in [0.5, 0.6) is 5.75 Å². The highest BCUT2D eigenvalue weighted by atomic mass is 19.2. The van der Waals surface area contributed by atoms with E-state index in [9.17, 15) is 17.6 Å². The topological polar surface area (TPSA) is 97.9 Å². The molecule has 0 amide bonds. The Balaban J connectivity index is 1.51. The number of nitrogens with one attached hydrogen (secondary N) is 1. The van der Waals surface area contributed by atoms with Gasteiger partial charge >= 0.3 is 0 Å². The van der Waals surface area contributed by atoms with E-state index in [1.54, 1.807) is 6.21 Å². The van der Waals surface area contributed by atoms with E-state index < -0.39 is 35.4 Å². The number of morpholine rings is 1. The maximum atomic E-state index is 13.7. The molecule has 0 saturated carbocycles. The average molecular weight is 454 g/mol. The summed E-state index contributed by atoms with van der Waals surface area (Å²) in [5.41, 5.74) is 5.17. The lowest BCUT2D eigenvalue weighted by Crippen LogP contribution is -2.37. The Kier molecular flexibility index (Phi) is 8.34. The van der Waals surface area contributed by atoms with Crippen molar-refractivity contribution in [3.8, 4) is 5.75 Å². The van der Waals surface area contributed by atoms with E-state index in [0.29, 0.717) is 12.2 Å². The van der Waals surface area contributed by atoms with Gasteiger partial charge in [-0.25, -0.2) is 27.5 Å². The molecule has 8 nitrogen and oxygen atoms in total. The number of aliphatic imine (C=N–C) groups is 1. The van der Waals surface area contributed by atoms with E-state index in [4.69, 9.17) is 15.2 Å². The van der Waals surface area contributed by atoms with E-state index in [0.717, 1.165) is 32.8 Å². The van der Waals surface area contributed by atoms with E-state index in [2.05, 4.69) is 25.2 Å². The molecule has 1 aromatic heterocycles. The normalized spacial score (nSPS) is 15.3. The second kappa shape index (κ2) is 11.4. The Morgan fingerprint density at radius 2 is 1.81 bits per heavy atom. The number of halogens is 4. The fourth-order valence-corrected chi connectivity index (χ4v) is 2.79. The van der Waals surface area contributed by atoms with Gasteiger partial charge in [0.25, 0.3) is 0 Å². The summed E-state index contributed by atoms with van der Waals surface area (Å²) in [7, 11) is 0. The summed E-state index contributed by atoms with van der Waals surface area (Å²) < 4.78 is 64.3. The van der Waals surface area contributed by atoms with Crippen molar-refractivity contribution < 1.29 is 27.0 Å². The third-order valence-electron chi connectivity index (χ3n) is 4.53. The van der Waals surface area contributed by atoms with Crippen LogP contribution < -0.4 is 15.8 Å². The first-order chi connectivity index (χ1) is 15.5. The fraction of sp³-hybridized carbons (Fsp3) is 0.350. The van der Waals surface area contributed by atoms with Crippen LogP contribution in [0.25, 0.3) is 0 Å². The lowest BCUT2D eigenvalue weighted by Gasteiger charge is -2.25. The van der Waals surface area contributed by atoms with Gasteiger partial charge in [0.2, 0.25) is 5.95 Å². The molecule has 0 radical (unpaired) electrons. The van der Waals surface area contributed by atoms with Gasteiger partial charge in [0, 0.05) is 38.1 Å². The Labute approximate surface area is 181 Å². The van der Waals surface area contributed by atoms with Crippen LogP contribution in [0.15, 0.2) is 35.3 Å². The van der Waals surface area contributed by atoms with Gasteiger partial charge in [-0.2, -0.15) is 0 Å². The number of allylic oxidation sites excluding steroid dienone is 1. The summed E-state index contributed by atoms with van der Waals surface area (Å²) >= 11 is 0. The molecule has 0 aliphatic carbocycles. The van der Waals surface area contributed by atoms with Crippen molar-refractivity contribution in [2.45, 2.75) is 6.61 Å². The first-order valence-corrected chi connectivity index (χ1v) is 9.73. The second-order valence-electron chi connectivity index (χ2n) is 6.71. The van der Waals surface area contributed by atoms with Crippen LogP contribution in [0.4, 0.5) is 23.5 Å². The molecule has 0 unspecified atom stereocenters. The van der Waals surface area contributed by atoms with Gasteiger partial charge in [-0.05, 0) is 0 Å². The zero-order valence-electron chi connectivity index (χ0n) is 17.0. The van der Waals surface area contributed by atoms with Crippen LogP contribution in [0, 0.1) is 23.3 Å². The van der Waals surface area contributed by atoms with Crippen molar-refractivity contribution in [1.82, 2.24) is 14.9 Å². The maximum absolute atomic E-state index is 13.7. The minimum atomic E-state index is -1.52. The monoisotopic (exact) mass is 454 g/mol. The fourth-order valence-electron chi connectivity index (χ4n) is 2.79. The summed E-state index contributed by atoms with van der Waals surface area (Å²) in [5, 5.41) is 2.86. The summed E-state index contributed by atoms with van der Waals surface area (Å²) in [4.78, 5) is 14.6. The van der Waals surface area contributed by atoms with Crippen molar-refractivity contribution in [1.29, 1.82) is 0 Å². The molecular formula is C20H22F4N6O2. The molecule has 0 bridgehead atoms. The maximum Gasteiger partial charge on any atom is 0.227 e. The van der Waals surface area contributed by atoms with Crippen LogP contribution in [0.3, 0.4) is 0 Å². The van der Waals surface area contributed by atoms with Crippen LogP contribution in [-0.4, -0.2) is 60.5 Å². The van der Waals surface area contributed by atoms with Crippen molar-refractivity contribution in [2.75, 3.05) is 44.7 Å². The molecule has 3 N–H and O–H groups in total. The molecule has 1 aromatic carbocycles. The predicted molar refractivity (Wildman–Crippen MR) is 109 cm³/mol. The molecule has 2 heterocycles. The molecule has 2 aromatic rings. The quantitative estimate of drug-likeness (QED) is 0.341. The lowest BCUT2D eigenvalue weighted by molar-refractivity contribution is 0.0395. The lowest BCUT2D eigenvalue weighted by atomic mass is 10.2. The number of hydrogen-bond acceptors (Lipinski definition) is 8. The summed E-state index contributed by atoms with van der Waals surface area (Å²) in [6.07, 6.45) is 5.31. The second-order valence-corrected chi connectivity index (χ2v) is 6.71. The minimum absolute atomic E-state index is 0.0384. The van der Waals surface area contributed by atoms with Crippen LogP contribution >= 0.6 is 0 Å². The van der Waals surface area contributed by atoms with E-state index in [1.807, 2.05) is 0 Å². The van der Waals surface area contributed by atoms with E-state index >= 15 is 0 Å². The number of rotatable bonds is 9. The highest BCUT2D eigenvalue weighted by molar-refractivity contribution is 5.81. The third-order valence-corrected chi connectivity index (χ3v) is 4.53. The highest BCUT2D eigenvalue weighted by Gasteiger charge is 2.19. The van der Waals surface area contributed by atoms with Crippen LogP contribution in [-0.2, 0) is 11.3 Å². The third kappa shape index (κ3) is 6.37. The number of nitrogens with zero attached hydrogens (tertiary/aromatic N) is 4. The van der Waals surface area contributed by atoms with Crippen LogP contribution in [0.2, 0.25) is 0 Å². The Morgan fingerprint density at radius 3 is 2.44 bits per heavy atom. The van der Waals surface area contributed by atoms with Crippen molar-refractivity contribution in [2.24, 2.45) is 10.7 Å². The summed E-state index contributed by atoms with van der Waals surface area (Å²) in [5.74, 6) is -5.85. The van der Waals surface area contributed by atoms with Crippen molar-refractivity contribution in [3.63, 3.8) is 0 Å². The predicted octanol–water partition coefficient (Wildman–Crippen LogP) is 2.23.